The van der Waals surface area contributed by atoms with Gasteiger partial charge < -0.3 is 0 Å². The molecule has 0 bridgehead atoms. The molecule has 47 heavy (non-hydrogen) atoms. The lowest BCUT2D eigenvalue weighted by molar-refractivity contribution is 0.685. The van der Waals surface area contributed by atoms with Gasteiger partial charge in [0.2, 0.25) is 0 Å². The highest BCUT2D eigenvalue weighted by Gasteiger charge is 2.10. The molecular formula is C35H26N10O2. The summed E-state index contributed by atoms with van der Waals surface area (Å²) < 4.78 is 6.78. The van der Waals surface area contributed by atoms with Crippen LogP contribution in [0.4, 0.5) is 0 Å². The summed E-state index contributed by atoms with van der Waals surface area (Å²) in [5.41, 5.74) is 6.90. The summed E-state index contributed by atoms with van der Waals surface area (Å²) in [6, 6.07) is 21.3. The third kappa shape index (κ3) is 5.59. The summed E-state index contributed by atoms with van der Waals surface area (Å²) in [6.45, 7) is 1.28. The number of benzene rings is 2. The lowest BCUT2D eigenvalue weighted by Gasteiger charge is -2.09. The van der Waals surface area contributed by atoms with Crippen LogP contribution in [0.25, 0.3) is 38.8 Å². The molecule has 12 heteroatoms. The Morgan fingerprint density at radius 1 is 0.617 bits per heavy atom. The molecule has 0 saturated carbocycles. The predicted octanol–water partition coefficient (Wildman–Crippen LogP) is 4.09. The van der Waals surface area contributed by atoms with E-state index in [1.165, 1.54) is 0 Å². The van der Waals surface area contributed by atoms with Crippen LogP contribution < -0.4 is 11.1 Å². The highest BCUT2D eigenvalue weighted by atomic mass is 16.1. The van der Waals surface area contributed by atoms with Gasteiger partial charge in [-0.15, -0.1) is 0 Å². The normalized spacial score (nSPS) is 11.4. The Morgan fingerprint density at radius 2 is 1.36 bits per heavy atom. The first-order valence-electron chi connectivity index (χ1n) is 14.9. The molecule has 8 rings (SSSR count). The molecule has 0 aliphatic carbocycles. The van der Waals surface area contributed by atoms with Gasteiger partial charge in [0.1, 0.15) is 0 Å². The standard InChI is InChI=1S/C35H26N10O2/c46-34-30-10-12-36-17-32(30)39-23-42(34)18-24-2-6-27(7-3-24)28-16-41-44(21-28)20-26-14-31-33(37-15-26)35(47)43(22-38-31)19-25-4-8-29(9-5-25)45-13-1-11-40-45/h1-17,21-23H,18-20H2. The van der Waals surface area contributed by atoms with E-state index < -0.39 is 0 Å². The Bertz CT molecular complexity index is 2480. The molecule has 228 valence electrons. The molecular weight excluding hydrogens is 592 g/mol. The zero-order valence-electron chi connectivity index (χ0n) is 25.0. The van der Waals surface area contributed by atoms with Crippen molar-refractivity contribution in [3.8, 4) is 16.8 Å². The maximum absolute atomic E-state index is 13.2. The minimum atomic E-state index is -0.193. The molecule has 8 aromatic rings. The van der Waals surface area contributed by atoms with E-state index in [0.717, 1.165) is 33.5 Å². The molecule has 0 radical (unpaired) electrons. The molecule has 6 heterocycles. The van der Waals surface area contributed by atoms with Crippen molar-refractivity contribution in [3.63, 3.8) is 0 Å². The monoisotopic (exact) mass is 618 g/mol. The zero-order valence-corrected chi connectivity index (χ0v) is 25.0. The van der Waals surface area contributed by atoms with Gasteiger partial charge in [0.05, 0.1) is 66.8 Å². The van der Waals surface area contributed by atoms with Gasteiger partial charge in [-0.2, -0.15) is 10.2 Å². The first-order valence-corrected chi connectivity index (χ1v) is 14.9. The largest absolute Gasteiger partial charge is 0.294 e. The Kier molecular flexibility index (Phi) is 6.98. The highest BCUT2D eigenvalue weighted by Crippen LogP contribution is 2.20. The summed E-state index contributed by atoms with van der Waals surface area (Å²) in [7, 11) is 0. The lowest BCUT2D eigenvalue weighted by atomic mass is 10.1. The van der Waals surface area contributed by atoms with Crippen molar-refractivity contribution >= 4 is 21.9 Å². The second-order valence-corrected chi connectivity index (χ2v) is 11.2. The molecule has 0 aliphatic heterocycles. The van der Waals surface area contributed by atoms with Gasteiger partial charge in [-0.1, -0.05) is 36.4 Å². The molecule has 6 aromatic heterocycles. The smallest absolute Gasteiger partial charge is 0.280 e. The molecule has 12 nitrogen and oxygen atoms in total. The van der Waals surface area contributed by atoms with E-state index in [9.17, 15) is 9.59 Å². The molecule has 0 saturated heterocycles. The van der Waals surface area contributed by atoms with Crippen LogP contribution in [0, 0.1) is 0 Å². The maximum atomic E-state index is 13.2. The number of rotatable bonds is 8. The van der Waals surface area contributed by atoms with E-state index in [1.54, 1.807) is 57.3 Å². The Morgan fingerprint density at radius 3 is 2.13 bits per heavy atom. The molecule has 0 fully saturated rings. The van der Waals surface area contributed by atoms with Crippen LogP contribution in [0.2, 0.25) is 0 Å². The number of hydrogen-bond acceptors (Lipinski definition) is 8. The predicted molar refractivity (Wildman–Crippen MR) is 176 cm³/mol. The van der Waals surface area contributed by atoms with E-state index in [1.807, 2.05) is 83.9 Å². The van der Waals surface area contributed by atoms with Crippen molar-refractivity contribution in [2.24, 2.45) is 0 Å². The minimum absolute atomic E-state index is 0.0974. The van der Waals surface area contributed by atoms with Crippen LogP contribution in [0.1, 0.15) is 16.7 Å². The third-order valence-corrected chi connectivity index (χ3v) is 8.03. The number of aromatic nitrogens is 10. The zero-order chi connectivity index (χ0) is 31.7. The van der Waals surface area contributed by atoms with E-state index in [0.29, 0.717) is 41.6 Å². The van der Waals surface area contributed by atoms with Gasteiger partial charge in [0.15, 0.2) is 5.52 Å². The quantitative estimate of drug-likeness (QED) is 0.249. The third-order valence-electron chi connectivity index (χ3n) is 8.03. The van der Waals surface area contributed by atoms with E-state index in [2.05, 4.69) is 30.1 Å². The van der Waals surface area contributed by atoms with Crippen LogP contribution in [-0.2, 0) is 19.6 Å². The van der Waals surface area contributed by atoms with Crippen molar-refractivity contribution < 1.29 is 0 Å². The van der Waals surface area contributed by atoms with Crippen molar-refractivity contribution in [1.82, 2.24) is 48.6 Å². The van der Waals surface area contributed by atoms with Gasteiger partial charge in [-0.25, -0.2) is 19.6 Å². The van der Waals surface area contributed by atoms with E-state index in [-0.39, 0.29) is 11.1 Å². The average Bonchev–Trinajstić information content (AvgIpc) is 3.82. The fourth-order valence-electron chi connectivity index (χ4n) is 5.56. The number of hydrogen-bond donors (Lipinski definition) is 0. The second kappa shape index (κ2) is 11.7. The fraction of sp³-hybridized carbons (Fsp3) is 0.0857. The van der Waals surface area contributed by atoms with Gasteiger partial charge in [-0.05, 0) is 52.6 Å². The molecule has 0 amide bonds. The average molecular weight is 619 g/mol. The summed E-state index contributed by atoms with van der Waals surface area (Å²) >= 11 is 0. The topological polar surface area (TPSA) is 131 Å². The second-order valence-electron chi connectivity index (χ2n) is 11.2. The summed E-state index contributed by atoms with van der Waals surface area (Å²) in [4.78, 5) is 43.5. The first kappa shape index (κ1) is 28.0. The van der Waals surface area contributed by atoms with Crippen molar-refractivity contribution in [2.75, 3.05) is 0 Å². The lowest BCUT2D eigenvalue weighted by Crippen LogP contribution is -2.22. The Balaban J connectivity index is 0.945. The van der Waals surface area contributed by atoms with Crippen molar-refractivity contribution in [1.29, 1.82) is 0 Å². The van der Waals surface area contributed by atoms with Crippen molar-refractivity contribution in [3.05, 3.63) is 160 Å². The molecule has 0 atom stereocenters. The summed E-state index contributed by atoms with van der Waals surface area (Å²) in [5.74, 6) is 0. The number of nitrogens with zero attached hydrogens (tertiary/aromatic N) is 10. The summed E-state index contributed by atoms with van der Waals surface area (Å²) in [6.07, 6.45) is 15.4. The molecule has 0 aliphatic rings. The minimum Gasteiger partial charge on any atom is -0.294 e. The fourth-order valence-corrected chi connectivity index (χ4v) is 5.56. The highest BCUT2D eigenvalue weighted by molar-refractivity contribution is 5.76. The SMILES string of the molecule is O=c1c2ccncc2ncn1Cc1ccc(-c2cnn(Cc3cnc4c(=O)n(Cc5ccc(-n6cccn6)cc5)cnc4c3)c2)cc1. The maximum Gasteiger partial charge on any atom is 0.280 e. The van der Waals surface area contributed by atoms with Gasteiger partial charge >= 0.3 is 0 Å². The van der Waals surface area contributed by atoms with Crippen molar-refractivity contribution in [2.45, 2.75) is 19.6 Å². The molecule has 2 aromatic carbocycles. The van der Waals surface area contributed by atoms with Gasteiger partial charge in [-0.3, -0.25) is 28.4 Å². The molecule has 0 unspecified atom stereocenters. The van der Waals surface area contributed by atoms with Crippen LogP contribution in [0.3, 0.4) is 0 Å². The number of fused-ring (bicyclic) bond motifs is 2. The van der Waals surface area contributed by atoms with Crippen LogP contribution in [0.15, 0.2) is 132 Å². The van der Waals surface area contributed by atoms with Gasteiger partial charge in [0, 0.05) is 36.5 Å². The summed E-state index contributed by atoms with van der Waals surface area (Å²) in [5, 5.41) is 9.33. The Labute approximate surface area is 266 Å². The van der Waals surface area contributed by atoms with Crippen LogP contribution >= 0.6 is 0 Å². The van der Waals surface area contributed by atoms with E-state index >= 15 is 0 Å². The van der Waals surface area contributed by atoms with Gasteiger partial charge in [0.25, 0.3) is 11.1 Å². The number of pyridine rings is 2. The molecule has 0 N–H and O–H groups in total. The van der Waals surface area contributed by atoms with Crippen LogP contribution in [-0.4, -0.2) is 48.6 Å². The first-order chi connectivity index (χ1) is 23.1. The van der Waals surface area contributed by atoms with E-state index in [4.69, 9.17) is 0 Å². The Hall–Kier alpha value is -6.56. The molecule has 0 spiro atoms. The van der Waals surface area contributed by atoms with Crippen LogP contribution in [0.5, 0.6) is 0 Å².